The molecule has 3 N–H and O–H groups in total. The third-order valence-electron chi connectivity index (χ3n) is 1.54. The third kappa shape index (κ3) is 3.79. The maximum absolute atomic E-state index is 8.90. The summed E-state index contributed by atoms with van der Waals surface area (Å²) in [5, 5.41) is 8.90. The molecule has 0 saturated carbocycles. The number of aliphatic hydroxyl groups is 1. The Bertz CT molecular complexity index is 292. The summed E-state index contributed by atoms with van der Waals surface area (Å²) in [5.74, 6) is 0.669. The second-order valence-corrected chi connectivity index (χ2v) is 4.74. The summed E-state index contributed by atoms with van der Waals surface area (Å²) in [4.78, 5) is 0. The van der Waals surface area contributed by atoms with Crippen molar-refractivity contribution in [3.8, 4) is 5.75 Å². The largest absolute Gasteiger partial charge is 0.472 e. The molecule has 0 aliphatic heterocycles. The molecule has 0 bridgehead atoms. The smallest absolute Gasteiger partial charge is 0.146 e. The molecule has 5 heteroatoms. The van der Waals surface area contributed by atoms with Gasteiger partial charge in [-0.3, -0.25) is 0 Å². The van der Waals surface area contributed by atoms with Crippen LogP contribution in [0.5, 0.6) is 5.75 Å². The van der Waals surface area contributed by atoms with Crippen LogP contribution in [-0.4, -0.2) is 18.4 Å². The number of hydrogen-bond acceptors (Lipinski definition) is 3. The number of nitrogens with two attached hydrogens (primary N) is 1. The Labute approximate surface area is 89.1 Å². The number of nitrogen functional groups attached to an aromatic ring is 1. The van der Waals surface area contributed by atoms with Crippen molar-refractivity contribution in [1.29, 1.82) is 0 Å². The number of benzene rings is 1. The second kappa shape index (κ2) is 6.19. The molecular weight excluding hydrogens is 216 g/mol. The van der Waals surface area contributed by atoms with Gasteiger partial charge >= 0.3 is 0 Å². The monoisotopic (exact) mass is 233 g/mol. The van der Waals surface area contributed by atoms with Crippen molar-refractivity contribution in [2.24, 2.45) is 0 Å². The van der Waals surface area contributed by atoms with Gasteiger partial charge in [0.05, 0.1) is 20.4 Å². The summed E-state index contributed by atoms with van der Waals surface area (Å²) >= 11 is 0. The van der Waals surface area contributed by atoms with Gasteiger partial charge in [0.15, 0.2) is 0 Å². The molecule has 0 aliphatic rings. The minimum Gasteiger partial charge on any atom is -0.472 e. The first-order valence-corrected chi connectivity index (χ1v) is 6.13. The fourth-order valence-corrected chi connectivity index (χ4v) is 1.50. The van der Waals surface area contributed by atoms with Crippen LogP contribution in [0.15, 0.2) is 18.2 Å². The average Bonchev–Trinajstić information content (AvgIpc) is 2.08. The van der Waals surface area contributed by atoms with Gasteiger partial charge in [-0.1, -0.05) is 6.07 Å². The summed E-state index contributed by atoms with van der Waals surface area (Å²) in [6.07, 6.45) is 0. The van der Waals surface area contributed by atoms with Gasteiger partial charge < -0.3 is 15.4 Å². The first kappa shape index (κ1) is 13.6. The van der Waals surface area contributed by atoms with E-state index in [0.29, 0.717) is 11.4 Å². The van der Waals surface area contributed by atoms with Crippen LogP contribution in [-0.2, 0) is 6.61 Å². The number of anilines is 1. The lowest BCUT2D eigenvalue weighted by molar-refractivity contribution is 0.281. The van der Waals surface area contributed by atoms with Crippen LogP contribution in [0.2, 0.25) is 0 Å². The lowest BCUT2D eigenvalue weighted by Gasteiger charge is -2.12. The highest BCUT2D eigenvalue weighted by Gasteiger charge is 2.03. The van der Waals surface area contributed by atoms with E-state index >= 15 is 0 Å². The van der Waals surface area contributed by atoms with E-state index in [1.165, 1.54) is 0 Å². The third-order valence-corrected chi connectivity index (χ3v) is 2.10. The summed E-state index contributed by atoms with van der Waals surface area (Å²) in [7, 11) is -0.472. The van der Waals surface area contributed by atoms with Crippen molar-refractivity contribution < 1.29 is 9.63 Å². The van der Waals surface area contributed by atoms with E-state index in [4.69, 9.17) is 15.4 Å². The summed E-state index contributed by atoms with van der Waals surface area (Å²) < 4.78 is 5.52. The standard InChI is InChI=1S/C9H14NO2P.H3P/c1-13(2)12-9-5-7(6-11)3-4-8(9)10;/h3-5,11H,6,10H2,1-2H3;1H3. The molecular formula is C9H17NO2P2. The van der Waals surface area contributed by atoms with Crippen LogP contribution in [0.4, 0.5) is 5.69 Å². The minimum absolute atomic E-state index is 0. The van der Waals surface area contributed by atoms with Crippen molar-refractivity contribution in [3.63, 3.8) is 0 Å². The van der Waals surface area contributed by atoms with Crippen molar-refractivity contribution in [1.82, 2.24) is 0 Å². The Morgan fingerprint density at radius 1 is 1.43 bits per heavy atom. The van der Waals surface area contributed by atoms with Crippen molar-refractivity contribution in [2.45, 2.75) is 6.61 Å². The lowest BCUT2D eigenvalue weighted by atomic mass is 10.2. The zero-order valence-corrected chi connectivity index (χ0v) is 10.8. The average molecular weight is 233 g/mol. The zero-order chi connectivity index (χ0) is 9.84. The number of aliphatic hydroxyl groups excluding tert-OH is 1. The molecule has 0 radical (unpaired) electrons. The molecule has 14 heavy (non-hydrogen) atoms. The van der Waals surface area contributed by atoms with Crippen LogP contribution in [0.25, 0.3) is 0 Å². The van der Waals surface area contributed by atoms with Crippen LogP contribution in [0.3, 0.4) is 0 Å². The Morgan fingerprint density at radius 2 is 2.07 bits per heavy atom. The highest BCUT2D eigenvalue weighted by atomic mass is 31.1. The van der Waals surface area contributed by atoms with Gasteiger partial charge in [0.25, 0.3) is 0 Å². The Balaban J connectivity index is 0.00000169. The molecule has 3 nitrogen and oxygen atoms in total. The van der Waals surface area contributed by atoms with Gasteiger partial charge in [-0.2, -0.15) is 9.90 Å². The van der Waals surface area contributed by atoms with E-state index in [0.717, 1.165) is 5.56 Å². The predicted molar refractivity (Wildman–Crippen MR) is 67.3 cm³/mol. The Kier molecular flexibility index (Phi) is 6.03. The van der Waals surface area contributed by atoms with Crippen LogP contribution in [0, 0.1) is 0 Å². The molecule has 1 aromatic carbocycles. The van der Waals surface area contributed by atoms with Crippen LogP contribution >= 0.6 is 18.0 Å². The van der Waals surface area contributed by atoms with Gasteiger partial charge in [-0.05, 0) is 31.0 Å². The molecule has 0 fully saturated rings. The molecule has 1 unspecified atom stereocenters. The highest BCUT2D eigenvalue weighted by Crippen LogP contribution is 2.34. The molecule has 1 rings (SSSR count). The molecule has 80 valence electrons. The molecule has 0 amide bonds. The molecule has 0 aliphatic carbocycles. The van der Waals surface area contributed by atoms with Crippen LogP contribution in [0.1, 0.15) is 5.56 Å². The summed E-state index contributed by atoms with van der Waals surface area (Å²) in [6, 6.07) is 5.31. The van der Waals surface area contributed by atoms with Crippen LogP contribution < -0.4 is 10.3 Å². The molecule has 0 spiro atoms. The fourth-order valence-electron chi connectivity index (χ4n) is 0.953. The fraction of sp³-hybridized carbons (Fsp3) is 0.333. The van der Waals surface area contributed by atoms with Crippen molar-refractivity contribution in [2.75, 3.05) is 19.1 Å². The highest BCUT2D eigenvalue weighted by molar-refractivity contribution is 7.51. The maximum atomic E-state index is 8.90. The lowest BCUT2D eigenvalue weighted by Crippen LogP contribution is -1.94. The summed E-state index contributed by atoms with van der Waals surface area (Å²) in [5.41, 5.74) is 7.14. The minimum atomic E-state index is -0.472. The molecule has 0 saturated heterocycles. The molecule has 1 atom stereocenters. The second-order valence-electron chi connectivity index (χ2n) is 2.93. The van der Waals surface area contributed by atoms with Gasteiger partial charge in [0.1, 0.15) is 5.75 Å². The number of rotatable bonds is 3. The van der Waals surface area contributed by atoms with Gasteiger partial charge in [0, 0.05) is 0 Å². The van der Waals surface area contributed by atoms with Gasteiger partial charge in [0.2, 0.25) is 0 Å². The van der Waals surface area contributed by atoms with Gasteiger partial charge in [-0.15, -0.1) is 0 Å². The Morgan fingerprint density at radius 3 is 2.57 bits per heavy atom. The normalized spacial score (nSPS) is 9.71. The topological polar surface area (TPSA) is 55.5 Å². The summed E-state index contributed by atoms with van der Waals surface area (Å²) in [6.45, 7) is 4.02. The molecule has 0 heterocycles. The Hall–Kier alpha value is -0.360. The van der Waals surface area contributed by atoms with E-state index in [-0.39, 0.29) is 16.5 Å². The van der Waals surface area contributed by atoms with E-state index in [2.05, 4.69) is 0 Å². The van der Waals surface area contributed by atoms with E-state index < -0.39 is 8.15 Å². The quantitative estimate of drug-likeness (QED) is 0.618. The first-order chi connectivity index (χ1) is 6.13. The molecule has 0 aromatic heterocycles. The van der Waals surface area contributed by atoms with Gasteiger partial charge in [-0.25, -0.2) is 0 Å². The number of hydrogen-bond donors (Lipinski definition) is 2. The SMILES string of the molecule is CP(C)Oc1cc(CO)ccc1N.P. The van der Waals surface area contributed by atoms with E-state index in [9.17, 15) is 0 Å². The first-order valence-electron chi connectivity index (χ1n) is 3.98. The van der Waals surface area contributed by atoms with E-state index in [1.54, 1.807) is 18.2 Å². The maximum Gasteiger partial charge on any atom is 0.146 e. The van der Waals surface area contributed by atoms with E-state index in [1.807, 2.05) is 13.3 Å². The predicted octanol–water partition coefficient (Wildman–Crippen LogP) is 1.85. The van der Waals surface area contributed by atoms with Crippen molar-refractivity contribution >= 4 is 23.7 Å². The molecule has 1 aromatic rings. The zero-order valence-electron chi connectivity index (χ0n) is 8.53. The van der Waals surface area contributed by atoms with Crippen molar-refractivity contribution in [3.05, 3.63) is 23.8 Å².